The topological polar surface area (TPSA) is 61.4 Å². The van der Waals surface area contributed by atoms with E-state index in [4.69, 9.17) is 0 Å². The van der Waals surface area contributed by atoms with Crippen LogP contribution in [0.15, 0.2) is 0 Å². The molecule has 0 radical (unpaired) electrons. The second kappa shape index (κ2) is 7.59. The van der Waals surface area contributed by atoms with Gasteiger partial charge in [0.2, 0.25) is 0 Å². The monoisotopic (exact) mass is 300 g/mol. The molecule has 0 aliphatic carbocycles. The Morgan fingerprint density at radius 3 is 2.05 bits per heavy atom. The summed E-state index contributed by atoms with van der Waals surface area (Å²) in [6, 6.07) is 0.508. The molecule has 4 nitrogen and oxygen atoms in total. The van der Waals surface area contributed by atoms with Gasteiger partial charge in [0.25, 0.3) is 0 Å². The normalized spacial score (nSPS) is 13.8. The molecule has 0 aromatic carbocycles. The second-order valence-electron chi connectivity index (χ2n) is 8.63. The lowest BCUT2D eigenvalue weighted by Gasteiger charge is -2.36. The van der Waals surface area contributed by atoms with E-state index in [0.717, 1.165) is 19.5 Å². The first-order valence-electron chi connectivity index (χ1n) is 7.99. The lowest BCUT2D eigenvalue weighted by atomic mass is 9.74. The van der Waals surface area contributed by atoms with E-state index in [-0.39, 0.29) is 11.0 Å². The fourth-order valence-electron chi connectivity index (χ4n) is 2.57. The highest BCUT2D eigenvalue weighted by molar-refractivity contribution is 5.73. The van der Waals surface area contributed by atoms with E-state index in [0.29, 0.717) is 12.5 Å². The van der Waals surface area contributed by atoms with Crippen LogP contribution in [0, 0.1) is 10.8 Å². The van der Waals surface area contributed by atoms with E-state index < -0.39 is 11.4 Å². The molecular formula is C17H36N2O2. The van der Waals surface area contributed by atoms with E-state index in [1.807, 2.05) is 0 Å². The summed E-state index contributed by atoms with van der Waals surface area (Å²) in [5.41, 5.74) is -0.689. The molecule has 0 heterocycles. The Kier molecular flexibility index (Phi) is 7.37. The van der Waals surface area contributed by atoms with Gasteiger partial charge in [-0.3, -0.25) is 4.79 Å². The minimum Gasteiger partial charge on any atom is -0.481 e. The largest absolute Gasteiger partial charge is 0.481 e. The van der Waals surface area contributed by atoms with Gasteiger partial charge in [-0.1, -0.05) is 27.7 Å². The molecule has 4 heteroatoms. The second-order valence-corrected chi connectivity index (χ2v) is 8.63. The molecule has 0 aliphatic heterocycles. The van der Waals surface area contributed by atoms with Crippen molar-refractivity contribution in [1.29, 1.82) is 0 Å². The van der Waals surface area contributed by atoms with Gasteiger partial charge in [0, 0.05) is 18.1 Å². The van der Waals surface area contributed by atoms with Gasteiger partial charge in [0.05, 0.1) is 5.41 Å². The van der Waals surface area contributed by atoms with Crippen LogP contribution in [0.1, 0.15) is 68.2 Å². The lowest BCUT2D eigenvalue weighted by Crippen LogP contribution is -2.47. The first-order valence-corrected chi connectivity index (χ1v) is 7.99. The molecule has 0 bridgehead atoms. The van der Waals surface area contributed by atoms with E-state index in [1.165, 1.54) is 0 Å². The molecule has 0 fully saturated rings. The third-order valence-corrected chi connectivity index (χ3v) is 3.85. The third kappa shape index (κ3) is 9.10. The Morgan fingerprint density at radius 2 is 1.62 bits per heavy atom. The number of carboxylic acids is 1. The molecule has 0 aliphatic rings. The molecule has 0 rings (SSSR count). The van der Waals surface area contributed by atoms with Crippen LogP contribution in [-0.2, 0) is 4.79 Å². The molecule has 0 aromatic rings. The number of nitrogens with one attached hydrogen (secondary N) is 2. The Balaban J connectivity index is 4.37. The standard InChI is InChI=1S/C17H36N2O2/c1-13(2)18-10-9-17(7,8)19-12-15(3,4)11-16(5,6)14(20)21/h13,18-19H,9-12H2,1-8H3,(H,20,21). The summed E-state index contributed by atoms with van der Waals surface area (Å²) < 4.78 is 0. The van der Waals surface area contributed by atoms with Crippen LogP contribution in [0.2, 0.25) is 0 Å². The first kappa shape index (κ1) is 20.4. The van der Waals surface area contributed by atoms with E-state index in [9.17, 15) is 9.90 Å². The zero-order valence-electron chi connectivity index (χ0n) is 15.3. The van der Waals surface area contributed by atoms with Crippen molar-refractivity contribution in [3.8, 4) is 0 Å². The number of hydrogen-bond donors (Lipinski definition) is 3. The van der Waals surface area contributed by atoms with Gasteiger partial charge in [-0.25, -0.2) is 0 Å². The molecule has 0 atom stereocenters. The van der Waals surface area contributed by atoms with Crippen molar-refractivity contribution in [1.82, 2.24) is 10.6 Å². The highest BCUT2D eigenvalue weighted by Gasteiger charge is 2.35. The number of rotatable bonds is 10. The average molecular weight is 300 g/mol. The minimum absolute atomic E-state index is 0.0481. The highest BCUT2D eigenvalue weighted by Crippen LogP contribution is 2.33. The summed E-state index contributed by atoms with van der Waals surface area (Å²) in [4.78, 5) is 11.3. The zero-order valence-corrected chi connectivity index (χ0v) is 15.3. The Morgan fingerprint density at radius 1 is 1.10 bits per heavy atom. The first-order chi connectivity index (χ1) is 9.27. The SMILES string of the molecule is CC(C)NCCC(C)(C)NCC(C)(C)CC(C)(C)C(=O)O. The van der Waals surface area contributed by atoms with E-state index in [1.54, 1.807) is 13.8 Å². The van der Waals surface area contributed by atoms with Gasteiger partial charge in [-0.05, 0) is 52.5 Å². The summed E-state index contributed by atoms with van der Waals surface area (Å²) in [6.45, 7) is 18.4. The molecule has 126 valence electrons. The Labute approximate surface area is 131 Å². The van der Waals surface area contributed by atoms with Crippen LogP contribution >= 0.6 is 0 Å². The van der Waals surface area contributed by atoms with Crippen LogP contribution in [0.25, 0.3) is 0 Å². The summed E-state index contributed by atoms with van der Waals surface area (Å²) in [5.74, 6) is -0.726. The molecule has 21 heavy (non-hydrogen) atoms. The molecule has 0 spiro atoms. The summed E-state index contributed by atoms with van der Waals surface area (Å²) in [5, 5.41) is 16.3. The van der Waals surface area contributed by atoms with Crippen molar-refractivity contribution in [3.63, 3.8) is 0 Å². The summed E-state index contributed by atoms with van der Waals surface area (Å²) in [6.07, 6.45) is 1.70. The van der Waals surface area contributed by atoms with Crippen molar-refractivity contribution in [2.24, 2.45) is 10.8 Å². The maximum absolute atomic E-state index is 11.3. The van der Waals surface area contributed by atoms with Crippen molar-refractivity contribution in [2.75, 3.05) is 13.1 Å². The van der Waals surface area contributed by atoms with Crippen LogP contribution in [0.4, 0.5) is 0 Å². The van der Waals surface area contributed by atoms with Crippen LogP contribution in [-0.4, -0.2) is 35.7 Å². The summed E-state index contributed by atoms with van der Waals surface area (Å²) >= 11 is 0. The predicted octanol–water partition coefficient (Wildman–Crippen LogP) is 3.27. The molecule has 0 aromatic heterocycles. The molecule has 0 amide bonds. The predicted molar refractivity (Wildman–Crippen MR) is 89.7 cm³/mol. The number of carboxylic acid groups (broad SMARTS) is 1. The van der Waals surface area contributed by atoms with Crippen molar-refractivity contribution in [2.45, 2.75) is 79.8 Å². The van der Waals surface area contributed by atoms with Crippen LogP contribution < -0.4 is 10.6 Å². The number of hydrogen-bond acceptors (Lipinski definition) is 3. The Hall–Kier alpha value is -0.610. The fraction of sp³-hybridized carbons (Fsp3) is 0.941. The number of carbonyl (C=O) groups is 1. The zero-order chi connectivity index (χ0) is 16.9. The number of aliphatic carboxylic acids is 1. The smallest absolute Gasteiger partial charge is 0.309 e. The molecule has 0 saturated heterocycles. The fourth-order valence-corrected chi connectivity index (χ4v) is 2.57. The average Bonchev–Trinajstić information content (AvgIpc) is 2.24. The van der Waals surface area contributed by atoms with Crippen molar-refractivity contribution < 1.29 is 9.90 Å². The quantitative estimate of drug-likeness (QED) is 0.579. The van der Waals surface area contributed by atoms with E-state index in [2.05, 4.69) is 52.2 Å². The van der Waals surface area contributed by atoms with Gasteiger partial charge in [0.1, 0.15) is 0 Å². The molecular weight excluding hydrogens is 264 g/mol. The van der Waals surface area contributed by atoms with Crippen molar-refractivity contribution in [3.05, 3.63) is 0 Å². The van der Waals surface area contributed by atoms with Crippen LogP contribution in [0.5, 0.6) is 0 Å². The molecule has 0 unspecified atom stereocenters. The van der Waals surface area contributed by atoms with Crippen molar-refractivity contribution >= 4 is 5.97 Å². The summed E-state index contributed by atoms with van der Waals surface area (Å²) in [7, 11) is 0. The highest BCUT2D eigenvalue weighted by atomic mass is 16.4. The third-order valence-electron chi connectivity index (χ3n) is 3.85. The van der Waals surface area contributed by atoms with Crippen LogP contribution in [0.3, 0.4) is 0 Å². The van der Waals surface area contributed by atoms with Gasteiger partial charge in [0.15, 0.2) is 0 Å². The Bertz CT molecular complexity index is 334. The van der Waals surface area contributed by atoms with Gasteiger partial charge in [-0.2, -0.15) is 0 Å². The minimum atomic E-state index is -0.726. The van der Waals surface area contributed by atoms with Gasteiger partial charge in [-0.15, -0.1) is 0 Å². The van der Waals surface area contributed by atoms with E-state index >= 15 is 0 Å². The van der Waals surface area contributed by atoms with Gasteiger partial charge < -0.3 is 15.7 Å². The maximum Gasteiger partial charge on any atom is 0.309 e. The maximum atomic E-state index is 11.3. The molecule has 3 N–H and O–H groups in total. The van der Waals surface area contributed by atoms with Gasteiger partial charge >= 0.3 is 5.97 Å². The molecule has 0 saturated carbocycles. The lowest BCUT2D eigenvalue weighted by molar-refractivity contribution is -0.148.